The number of rotatable bonds is 2. The molecule has 1 aromatic carbocycles. The molecule has 0 aromatic heterocycles. The van der Waals surface area contributed by atoms with E-state index in [1.807, 2.05) is 0 Å². The van der Waals surface area contributed by atoms with Crippen LogP contribution in [0.25, 0.3) is 6.08 Å². The summed E-state index contributed by atoms with van der Waals surface area (Å²) < 4.78 is 0. The molecule has 0 spiro atoms. The molecule has 1 aliphatic rings. The molecule has 0 N–H and O–H groups in total. The monoisotopic (exact) mass is 200 g/mol. The second kappa shape index (κ2) is 3.84. The molecule has 0 heterocycles. The Bertz CT molecular complexity index is 408. The Morgan fingerprint density at radius 2 is 1.93 bits per heavy atom. The standard InChI is InChI=1S/C15H20/c1-10(2)7-13-6-5-12(4)14-8-11(3)9-15(13)14/h5-6,9-10H,7-8H2,1-4H3. The number of allylic oxidation sites excluding steroid dienone is 1. The van der Waals surface area contributed by atoms with E-state index in [-0.39, 0.29) is 0 Å². The fraction of sp³-hybridized carbons (Fsp3) is 0.467. The van der Waals surface area contributed by atoms with Crippen LogP contribution in [-0.2, 0) is 12.8 Å². The molecule has 0 unspecified atom stereocenters. The van der Waals surface area contributed by atoms with Crippen molar-refractivity contribution in [3.8, 4) is 0 Å². The molecule has 0 bridgehead atoms. The van der Waals surface area contributed by atoms with Gasteiger partial charge in [0.2, 0.25) is 0 Å². The zero-order chi connectivity index (χ0) is 11.0. The lowest BCUT2D eigenvalue weighted by molar-refractivity contribution is 0.646. The van der Waals surface area contributed by atoms with Crippen molar-refractivity contribution in [3.05, 3.63) is 40.0 Å². The van der Waals surface area contributed by atoms with Crippen molar-refractivity contribution in [2.24, 2.45) is 5.92 Å². The summed E-state index contributed by atoms with van der Waals surface area (Å²) in [5.74, 6) is 0.742. The van der Waals surface area contributed by atoms with E-state index in [2.05, 4.69) is 45.9 Å². The van der Waals surface area contributed by atoms with Crippen LogP contribution in [0.4, 0.5) is 0 Å². The Morgan fingerprint density at radius 3 is 2.60 bits per heavy atom. The van der Waals surface area contributed by atoms with Crippen LogP contribution in [0.3, 0.4) is 0 Å². The maximum absolute atomic E-state index is 2.38. The quantitative estimate of drug-likeness (QED) is 0.672. The Morgan fingerprint density at radius 1 is 1.20 bits per heavy atom. The van der Waals surface area contributed by atoms with Gasteiger partial charge in [-0.25, -0.2) is 0 Å². The van der Waals surface area contributed by atoms with Gasteiger partial charge in [-0.15, -0.1) is 0 Å². The lowest BCUT2D eigenvalue weighted by atomic mass is 9.93. The van der Waals surface area contributed by atoms with E-state index >= 15 is 0 Å². The molecule has 1 aliphatic carbocycles. The number of hydrogen-bond acceptors (Lipinski definition) is 0. The van der Waals surface area contributed by atoms with Gasteiger partial charge in [0.05, 0.1) is 0 Å². The normalized spacial score (nSPS) is 14.3. The molecule has 0 saturated heterocycles. The van der Waals surface area contributed by atoms with Crippen LogP contribution >= 0.6 is 0 Å². The first-order valence-electron chi connectivity index (χ1n) is 5.86. The second-order valence-corrected chi connectivity index (χ2v) is 5.20. The van der Waals surface area contributed by atoms with Gasteiger partial charge in [-0.05, 0) is 54.9 Å². The smallest absolute Gasteiger partial charge is 0.00579 e. The molecule has 0 amide bonds. The van der Waals surface area contributed by atoms with Gasteiger partial charge in [-0.2, -0.15) is 0 Å². The summed E-state index contributed by atoms with van der Waals surface area (Å²) in [6.45, 7) is 9.04. The largest absolute Gasteiger partial charge is 0.0683 e. The number of aryl methyl sites for hydroxylation is 1. The van der Waals surface area contributed by atoms with Crippen molar-refractivity contribution >= 4 is 6.08 Å². The van der Waals surface area contributed by atoms with Gasteiger partial charge in [-0.3, -0.25) is 0 Å². The van der Waals surface area contributed by atoms with Gasteiger partial charge in [0.15, 0.2) is 0 Å². The summed E-state index contributed by atoms with van der Waals surface area (Å²) >= 11 is 0. The summed E-state index contributed by atoms with van der Waals surface area (Å²) in [6, 6.07) is 4.59. The van der Waals surface area contributed by atoms with Crippen LogP contribution in [-0.4, -0.2) is 0 Å². The molecule has 0 nitrogen and oxygen atoms in total. The van der Waals surface area contributed by atoms with Gasteiger partial charge in [0, 0.05) is 0 Å². The number of fused-ring (bicyclic) bond motifs is 1. The third-order valence-corrected chi connectivity index (χ3v) is 3.16. The van der Waals surface area contributed by atoms with Crippen molar-refractivity contribution in [3.63, 3.8) is 0 Å². The average molecular weight is 200 g/mol. The zero-order valence-electron chi connectivity index (χ0n) is 10.2. The second-order valence-electron chi connectivity index (χ2n) is 5.20. The highest BCUT2D eigenvalue weighted by Crippen LogP contribution is 2.31. The summed E-state index contributed by atoms with van der Waals surface area (Å²) in [5, 5.41) is 0. The molecule has 80 valence electrons. The van der Waals surface area contributed by atoms with Gasteiger partial charge in [0.25, 0.3) is 0 Å². The van der Waals surface area contributed by atoms with Gasteiger partial charge in [0.1, 0.15) is 0 Å². The summed E-state index contributed by atoms with van der Waals surface area (Å²) in [5.41, 5.74) is 7.56. The number of hydrogen-bond donors (Lipinski definition) is 0. The van der Waals surface area contributed by atoms with Crippen LogP contribution in [0.1, 0.15) is 43.0 Å². The maximum atomic E-state index is 2.38. The predicted octanol–water partition coefficient (Wildman–Crippen LogP) is 4.15. The van der Waals surface area contributed by atoms with Crippen molar-refractivity contribution in [1.29, 1.82) is 0 Å². The third kappa shape index (κ3) is 1.99. The molecule has 0 saturated carbocycles. The lowest BCUT2D eigenvalue weighted by Crippen LogP contribution is -1.99. The molecule has 0 radical (unpaired) electrons. The van der Waals surface area contributed by atoms with E-state index in [0.717, 1.165) is 12.3 Å². The van der Waals surface area contributed by atoms with Crippen molar-refractivity contribution in [2.45, 2.75) is 40.5 Å². The van der Waals surface area contributed by atoms with Crippen molar-refractivity contribution < 1.29 is 0 Å². The zero-order valence-corrected chi connectivity index (χ0v) is 10.2. The van der Waals surface area contributed by atoms with E-state index < -0.39 is 0 Å². The summed E-state index contributed by atoms with van der Waals surface area (Å²) in [7, 11) is 0. The maximum Gasteiger partial charge on any atom is -0.00579 e. The van der Waals surface area contributed by atoms with E-state index in [1.54, 1.807) is 5.56 Å². The van der Waals surface area contributed by atoms with Gasteiger partial charge in [-0.1, -0.05) is 37.6 Å². The molecule has 15 heavy (non-hydrogen) atoms. The van der Waals surface area contributed by atoms with Gasteiger partial charge >= 0.3 is 0 Å². The highest BCUT2D eigenvalue weighted by molar-refractivity contribution is 5.68. The van der Waals surface area contributed by atoms with E-state index in [4.69, 9.17) is 0 Å². The predicted molar refractivity (Wildman–Crippen MR) is 67.1 cm³/mol. The Balaban J connectivity index is 2.45. The van der Waals surface area contributed by atoms with Crippen molar-refractivity contribution in [1.82, 2.24) is 0 Å². The summed E-state index contributed by atoms with van der Waals surface area (Å²) in [6.07, 6.45) is 4.74. The molecular formula is C15H20. The Labute approximate surface area is 93.0 Å². The first-order chi connectivity index (χ1) is 7.08. The molecule has 1 aromatic rings. The lowest BCUT2D eigenvalue weighted by Gasteiger charge is -2.12. The van der Waals surface area contributed by atoms with Crippen LogP contribution < -0.4 is 0 Å². The molecule has 0 heteroatoms. The average Bonchev–Trinajstić information content (AvgIpc) is 2.52. The highest BCUT2D eigenvalue weighted by atomic mass is 14.2. The van der Waals surface area contributed by atoms with Crippen LogP contribution in [0.2, 0.25) is 0 Å². The molecule has 0 fully saturated rings. The highest BCUT2D eigenvalue weighted by Gasteiger charge is 2.15. The molecule has 2 rings (SSSR count). The van der Waals surface area contributed by atoms with Gasteiger partial charge < -0.3 is 0 Å². The topological polar surface area (TPSA) is 0 Å². The third-order valence-electron chi connectivity index (χ3n) is 3.16. The first kappa shape index (κ1) is 10.5. The molecule has 0 atom stereocenters. The minimum atomic E-state index is 0.742. The fourth-order valence-corrected chi connectivity index (χ4v) is 2.43. The SMILES string of the molecule is CC1=Cc2c(CC(C)C)ccc(C)c2C1. The van der Waals surface area contributed by atoms with E-state index in [0.29, 0.717) is 0 Å². The van der Waals surface area contributed by atoms with Crippen LogP contribution in [0.5, 0.6) is 0 Å². The Hall–Kier alpha value is -1.04. The minimum absolute atomic E-state index is 0.742. The van der Waals surface area contributed by atoms with Crippen molar-refractivity contribution in [2.75, 3.05) is 0 Å². The Kier molecular flexibility index (Phi) is 2.68. The van der Waals surface area contributed by atoms with Crippen LogP contribution in [0.15, 0.2) is 17.7 Å². The minimum Gasteiger partial charge on any atom is -0.0683 e. The van der Waals surface area contributed by atoms with E-state index in [1.165, 1.54) is 28.7 Å². The summed E-state index contributed by atoms with van der Waals surface area (Å²) in [4.78, 5) is 0. The molecular weight excluding hydrogens is 180 g/mol. The molecule has 0 aliphatic heterocycles. The number of benzene rings is 1. The fourth-order valence-electron chi connectivity index (χ4n) is 2.43. The first-order valence-corrected chi connectivity index (χ1v) is 5.86. The van der Waals surface area contributed by atoms with E-state index in [9.17, 15) is 0 Å². The van der Waals surface area contributed by atoms with Crippen LogP contribution in [0, 0.1) is 12.8 Å².